The molecule has 2 aliphatic rings. The lowest BCUT2D eigenvalue weighted by atomic mass is 10.0. The number of hydrogen-bond acceptors (Lipinski definition) is 7. The molecule has 0 spiro atoms. The number of rotatable bonds is 7. The molecule has 1 aromatic heterocycles. The minimum Gasteiger partial charge on any atom is -0.376 e. The van der Waals surface area contributed by atoms with Gasteiger partial charge in [-0.1, -0.05) is 6.92 Å². The van der Waals surface area contributed by atoms with Gasteiger partial charge in [-0.05, 0) is 43.7 Å². The Hall–Kier alpha value is -2.50. The first-order valence-corrected chi connectivity index (χ1v) is 12.0. The van der Waals surface area contributed by atoms with E-state index in [4.69, 9.17) is 4.74 Å². The number of hydrogen-bond donors (Lipinski definition) is 1. The molecule has 11 heteroatoms. The van der Waals surface area contributed by atoms with Crippen LogP contribution in [0.5, 0.6) is 0 Å². The van der Waals surface area contributed by atoms with Crippen LogP contribution in [0, 0.1) is 16.0 Å². The van der Waals surface area contributed by atoms with Crippen LogP contribution in [0.3, 0.4) is 0 Å². The number of sulfonamides is 1. The molecule has 2 saturated heterocycles. The molecule has 1 atom stereocenters. The normalized spacial score (nSPS) is 20.7. The predicted molar refractivity (Wildman–Crippen MR) is 115 cm³/mol. The van der Waals surface area contributed by atoms with Gasteiger partial charge in [-0.3, -0.25) is 14.8 Å². The number of ether oxygens (including phenoxy) is 1. The number of benzene rings is 1. The quantitative estimate of drug-likeness (QED) is 0.509. The minimum atomic E-state index is -3.77. The smallest absolute Gasteiger partial charge is 0.294 e. The molecule has 0 saturated carbocycles. The molecule has 0 radical (unpaired) electrons. The third-order valence-electron chi connectivity index (χ3n) is 5.87. The van der Waals surface area contributed by atoms with Gasteiger partial charge in [0.1, 0.15) is 5.69 Å². The molecular formula is C20H27N5O5S. The first kappa shape index (κ1) is 21.7. The molecule has 0 aliphatic carbocycles. The van der Waals surface area contributed by atoms with Gasteiger partial charge < -0.3 is 10.1 Å². The highest BCUT2D eigenvalue weighted by molar-refractivity contribution is 7.89. The van der Waals surface area contributed by atoms with Gasteiger partial charge in [0, 0.05) is 32.0 Å². The number of nitrogens with zero attached hydrogens (tertiary/aromatic N) is 4. The van der Waals surface area contributed by atoms with Crippen molar-refractivity contribution in [2.24, 2.45) is 5.92 Å². The number of aromatic nitrogens is 2. The molecule has 2 fully saturated rings. The molecule has 4 rings (SSSR count). The fourth-order valence-electron chi connectivity index (χ4n) is 3.98. The Labute approximate surface area is 181 Å². The summed E-state index contributed by atoms with van der Waals surface area (Å²) in [6.07, 6.45) is 7.07. The summed E-state index contributed by atoms with van der Waals surface area (Å²) in [6.45, 7) is 4.34. The minimum absolute atomic E-state index is 0.0617. The molecule has 1 aromatic carbocycles. The van der Waals surface area contributed by atoms with Gasteiger partial charge in [0.15, 0.2) is 0 Å². The maximum atomic E-state index is 13.0. The fourth-order valence-corrected chi connectivity index (χ4v) is 5.47. The topological polar surface area (TPSA) is 120 Å². The number of anilines is 2. The zero-order valence-corrected chi connectivity index (χ0v) is 18.3. The number of piperidine rings is 1. The molecule has 1 unspecified atom stereocenters. The van der Waals surface area contributed by atoms with Gasteiger partial charge in [-0.15, -0.1) is 0 Å². The Kier molecular flexibility index (Phi) is 6.26. The lowest BCUT2D eigenvalue weighted by Gasteiger charge is -2.29. The lowest BCUT2D eigenvalue weighted by Crippen LogP contribution is -2.37. The summed E-state index contributed by atoms with van der Waals surface area (Å²) < 4.78 is 34.7. The van der Waals surface area contributed by atoms with Crippen LogP contribution in [0.15, 0.2) is 35.5 Å². The molecule has 0 amide bonds. The second-order valence-electron chi connectivity index (χ2n) is 8.23. The van der Waals surface area contributed by atoms with Crippen molar-refractivity contribution in [2.75, 3.05) is 25.0 Å². The van der Waals surface area contributed by atoms with Crippen molar-refractivity contribution in [1.82, 2.24) is 14.1 Å². The van der Waals surface area contributed by atoms with E-state index in [1.165, 1.54) is 16.4 Å². The Balaban J connectivity index is 1.52. The molecule has 2 aromatic rings. The van der Waals surface area contributed by atoms with E-state index in [0.29, 0.717) is 31.2 Å². The van der Waals surface area contributed by atoms with Gasteiger partial charge in [-0.2, -0.15) is 9.40 Å². The highest BCUT2D eigenvalue weighted by atomic mass is 32.2. The first-order chi connectivity index (χ1) is 14.8. The van der Waals surface area contributed by atoms with E-state index in [9.17, 15) is 18.5 Å². The standard InChI is InChI=1S/C20H27N5O5S/c1-15-6-8-24(9-7-15)31(28,29)18-4-5-19(20(11-18)25(26)27)22-16-12-21-23(13-16)14-17-3-2-10-30-17/h4-5,11-13,15,17,22H,2-3,6-10,14H2,1H3. The average Bonchev–Trinajstić information content (AvgIpc) is 3.41. The van der Waals surface area contributed by atoms with Crippen LogP contribution in [-0.4, -0.2) is 53.2 Å². The maximum absolute atomic E-state index is 13.0. The molecule has 31 heavy (non-hydrogen) atoms. The molecule has 0 bridgehead atoms. The van der Waals surface area contributed by atoms with Crippen molar-refractivity contribution < 1.29 is 18.1 Å². The van der Waals surface area contributed by atoms with E-state index >= 15 is 0 Å². The first-order valence-electron chi connectivity index (χ1n) is 10.5. The van der Waals surface area contributed by atoms with Crippen molar-refractivity contribution in [1.29, 1.82) is 0 Å². The summed E-state index contributed by atoms with van der Waals surface area (Å²) in [4.78, 5) is 11.0. The van der Waals surface area contributed by atoms with Crippen molar-refractivity contribution >= 4 is 27.1 Å². The van der Waals surface area contributed by atoms with Crippen molar-refractivity contribution in [3.05, 3.63) is 40.7 Å². The zero-order valence-electron chi connectivity index (χ0n) is 17.4. The molecule has 10 nitrogen and oxygen atoms in total. The van der Waals surface area contributed by atoms with E-state index in [-0.39, 0.29) is 22.4 Å². The monoisotopic (exact) mass is 449 g/mol. The van der Waals surface area contributed by atoms with Crippen LogP contribution in [-0.2, 0) is 21.3 Å². The second-order valence-corrected chi connectivity index (χ2v) is 10.2. The predicted octanol–water partition coefficient (Wildman–Crippen LogP) is 3.13. The SMILES string of the molecule is CC1CCN(S(=O)(=O)c2ccc(Nc3cnn(CC4CCCO4)c3)c([N+](=O)[O-])c2)CC1. The summed E-state index contributed by atoms with van der Waals surface area (Å²) >= 11 is 0. The molecule has 168 valence electrons. The molecular weight excluding hydrogens is 422 g/mol. The molecule has 3 heterocycles. The Morgan fingerprint density at radius 2 is 2.06 bits per heavy atom. The fraction of sp³-hybridized carbons (Fsp3) is 0.550. The summed E-state index contributed by atoms with van der Waals surface area (Å²) in [5, 5.41) is 18.9. The van der Waals surface area contributed by atoms with Gasteiger partial charge in [0.2, 0.25) is 10.0 Å². The van der Waals surface area contributed by atoms with Crippen LogP contribution in [0.2, 0.25) is 0 Å². The highest BCUT2D eigenvalue weighted by Gasteiger charge is 2.30. The van der Waals surface area contributed by atoms with Crippen LogP contribution in [0.1, 0.15) is 32.6 Å². The van der Waals surface area contributed by atoms with E-state index in [1.54, 1.807) is 17.1 Å². The highest BCUT2D eigenvalue weighted by Crippen LogP contribution is 2.32. The summed E-state index contributed by atoms with van der Waals surface area (Å²) in [6, 6.07) is 3.99. The third kappa shape index (κ3) is 4.89. The van der Waals surface area contributed by atoms with Crippen molar-refractivity contribution in [3.63, 3.8) is 0 Å². The molecule has 1 N–H and O–H groups in total. The van der Waals surface area contributed by atoms with Gasteiger partial charge in [-0.25, -0.2) is 8.42 Å². The third-order valence-corrected chi connectivity index (χ3v) is 7.77. The number of nitrogens with one attached hydrogen (secondary N) is 1. The zero-order chi connectivity index (χ0) is 22.0. The Bertz CT molecular complexity index is 1040. The second kappa shape index (κ2) is 8.93. The lowest BCUT2D eigenvalue weighted by molar-refractivity contribution is -0.384. The summed E-state index contributed by atoms with van der Waals surface area (Å²) in [5.41, 5.74) is 0.507. The molecule has 2 aliphatic heterocycles. The van der Waals surface area contributed by atoms with Gasteiger partial charge >= 0.3 is 0 Å². The van der Waals surface area contributed by atoms with E-state index < -0.39 is 14.9 Å². The maximum Gasteiger partial charge on any atom is 0.294 e. The Morgan fingerprint density at radius 1 is 1.29 bits per heavy atom. The van der Waals surface area contributed by atoms with E-state index in [1.807, 2.05) is 0 Å². The number of nitro groups is 1. The van der Waals surface area contributed by atoms with Crippen LogP contribution in [0.25, 0.3) is 0 Å². The van der Waals surface area contributed by atoms with Crippen LogP contribution >= 0.6 is 0 Å². The number of nitro benzene ring substituents is 1. The van der Waals surface area contributed by atoms with Gasteiger partial charge in [0.05, 0.1) is 34.4 Å². The summed E-state index contributed by atoms with van der Waals surface area (Å²) in [7, 11) is -3.77. The van der Waals surface area contributed by atoms with Crippen molar-refractivity contribution in [3.8, 4) is 0 Å². The van der Waals surface area contributed by atoms with E-state index in [0.717, 1.165) is 38.4 Å². The summed E-state index contributed by atoms with van der Waals surface area (Å²) in [5.74, 6) is 0.480. The van der Waals surface area contributed by atoms with Crippen LogP contribution in [0.4, 0.5) is 17.1 Å². The largest absolute Gasteiger partial charge is 0.376 e. The average molecular weight is 450 g/mol. The van der Waals surface area contributed by atoms with Crippen LogP contribution < -0.4 is 5.32 Å². The Morgan fingerprint density at radius 3 is 2.74 bits per heavy atom. The van der Waals surface area contributed by atoms with Gasteiger partial charge in [0.25, 0.3) is 5.69 Å². The van der Waals surface area contributed by atoms with Crippen molar-refractivity contribution in [2.45, 2.75) is 50.2 Å². The van der Waals surface area contributed by atoms with E-state index in [2.05, 4.69) is 17.3 Å².